The summed E-state index contributed by atoms with van der Waals surface area (Å²) in [5.41, 5.74) is 0.540. The predicted molar refractivity (Wildman–Crippen MR) is 84.9 cm³/mol. The van der Waals surface area contributed by atoms with Crippen molar-refractivity contribution in [2.45, 2.75) is 19.4 Å². The maximum absolute atomic E-state index is 12.6. The highest BCUT2D eigenvalue weighted by Gasteiger charge is 2.36. The number of carbonyl (C=O) groups is 2. The molecule has 0 radical (unpaired) electrons. The normalized spacial score (nSPS) is 21.7. The van der Waals surface area contributed by atoms with E-state index >= 15 is 0 Å². The minimum atomic E-state index is -0.441. The van der Waals surface area contributed by atoms with Crippen LogP contribution in [-0.4, -0.2) is 55.7 Å². The average Bonchev–Trinajstić information content (AvgIpc) is 2.56. The fourth-order valence-electron chi connectivity index (χ4n) is 2.86. The molecule has 1 N–H and O–H groups in total. The zero-order valence-corrected chi connectivity index (χ0v) is 13.3. The number of nitrogens with one attached hydrogen (secondary N) is 1. The molecule has 2 atom stereocenters. The summed E-state index contributed by atoms with van der Waals surface area (Å²) < 4.78 is 17.7. The number of piperidine rings is 1. The van der Waals surface area contributed by atoms with Gasteiger partial charge in [-0.25, -0.2) is 4.39 Å². The lowest BCUT2D eigenvalue weighted by Crippen LogP contribution is -2.55. The van der Waals surface area contributed by atoms with Gasteiger partial charge in [-0.05, 0) is 32.0 Å². The number of nitrogens with zero attached hydrogens (tertiary/aromatic N) is 1. The van der Waals surface area contributed by atoms with Gasteiger partial charge in [0, 0.05) is 18.7 Å². The first-order valence-corrected chi connectivity index (χ1v) is 7.96. The van der Waals surface area contributed by atoms with E-state index in [9.17, 15) is 14.0 Å². The molecule has 0 bridgehead atoms. The lowest BCUT2D eigenvalue weighted by Gasteiger charge is -2.37. The number of esters is 1. The maximum atomic E-state index is 12.6. The molecule has 1 saturated heterocycles. The number of carbonyl (C=O) groups excluding carboxylic acids is 2. The summed E-state index contributed by atoms with van der Waals surface area (Å²) in [6.45, 7) is 3.02. The number of amides is 1. The van der Waals surface area contributed by atoms with Gasteiger partial charge in [0.15, 0.2) is 0 Å². The third-order valence-corrected chi connectivity index (χ3v) is 4.04. The van der Waals surface area contributed by atoms with Crippen molar-refractivity contribution < 1.29 is 18.7 Å². The van der Waals surface area contributed by atoms with Crippen LogP contribution in [0, 0.1) is 5.92 Å². The number of likely N-dealkylation sites (tertiary alicyclic amines) is 1. The summed E-state index contributed by atoms with van der Waals surface area (Å²) in [7, 11) is 0. The van der Waals surface area contributed by atoms with Crippen molar-refractivity contribution in [3.05, 3.63) is 35.9 Å². The highest BCUT2D eigenvalue weighted by Crippen LogP contribution is 2.20. The first-order valence-electron chi connectivity index (χ1n) is 7.96. The summed E-state index contributed by atoms with van der Waals surface area (Å²) in [6, 6.07) is 8.47. The van der Waals surface area contributed by atoms with Gasteiger partial charge < -0.3 is 10.1 Å². The Balaban J connectivity index is 2.07. The highest BCUT2D eigenvalue weighted by atomic mass is 19.1. The van der Waals surface area contributed by atoms with E-state index in [1.165, 1.54) is 0 Å². The minimum Gasteiger partial charge on any atom is -0.466 e. The van der Waals surface area contributed by atoms with Crippen LogP contribution in [0.5, 0.6) is 0 Å². The maximum Gasteiger partial charge on any atom is 0.311 e. The van der Waals surface area contributed by atoms with E-state index in [-0.39, 0.29) is 17.9 Å². The van der Waals surface area contributed by atoms with Gasteiger partial charge in [-0.2, -0.15) is 0 Å². The molecule has 1 aromatic carbocycles. The van der Waals surface area contributed by atoms with Gasteiger partial charge in [-0.3, -0.25) is 14.5 Å². The van der Waals surface area contributed by atoms with Crippen molar-refractivity contribution in [2.75, 3.05) is 32.9 Å². The van der Waals surface area contributed by atoms with Gasteiger partial charge in [0.1, 0.15) is 6.67 Å². The quantitative estimate of drug-likeness (QED) is 0.809. The van der Waals surface area contributed by atoms with E-state index in [1.54, 1.807) is 31.2 Å². The smallest absolute Gasteiger partial charge is 0.311 e. The third-order valence-electron chi connectivity index (χ3n) is 4.04. The minimum absolute atomic E-state index is 0.230. The fourth-order valence-corrected chi connectivity index (χ4v) is 2.86. The second kappa shape index (κ2) is 8.62. The molecule has 1 aliphatic heterocycles. The molecule has 126 valence electrons. The third kappa shape index (κ3) is 4.76. The van der Waals surface area contributed by atoms with Gasteiger partial charge in [-0.1, -0.05) is 18.2 Å². The molecule has 1 fully saturated rings. The molecule has 6 heteroatoms. The number of hydrogen-bond acceptors (Lipinski definition) is 4. The SMILES string of the molecule is CCOC(=O)[C@H]1CCN(CCF)C[C@H]1NC(=O)c1ccccc1. The van der Waals surface area contributed by atoms with Crippen LogP contribution in [0.15, 0.2) is 30.3 Å². The zero-order valence-electron chi connectivity index (χ0n) is 13.3. The summed E-state index contributed by atoms with van der Waals surface area (Å²) in [6.07, 6.45) is 0.554. The van der Waals surface area contributed by atoms with Crippen LogP contribution in [0.4, 0.5) is 4.39 Å². The lowest BCUT2D eigenvalue weighted by molar-refractivity contribution is -0.150. The number of rotatable bonds is 6. The Kier molecular flexibility index (Phi) is 6.52. The van der Waals surface area contributed by atoms with E-state index in [0.29, 0.717) is 38.2 Å². The molecule has 0 aromatic heterocycles. The first-order chi connectivity index (χ1) is 11.2. The largest absolute Gasteiger partial charge is 0.466 e. The molecular formula is C17H23FN2O3. The number of benzene rings is 1. The fraction of sp³-hybridized carbons (Fsp3) is 0.529. The molecule has 1 amide bonds. The Morgan fingerprint density at radius 2 is 2.09 bits per heavy atom. The first kappa shape index (κ1) is 17.4. The summed E-state index contributed by atoms with van der Waals surface area (Å²) in [5.74, 6) is -0.920. The van der Waals surface area contributed by atoms with Crippen LogP contribution >= 0.6 is 0 Å². The predicted octanol–water partition coefficient (Wildman–Crippen LogP) is 1.64. The molecule has 23 heavy (non-hydrogen) atoms. The summed E-state index contributed by atoms with van der Waals surface area (Å²) in [5, 5.41) is 2.91. The molecular weight excluding hydrogens is 299 g/mol. The van der Waals surface area contributed by atoms with Crippen LogP contribution in [-0.2, 0) is 9.53 Å². The molecule has 5 nitrogen and oxygen atoms in total. The Bertz CT molecular complexity index is 524. The van der Waals surface area contributed by atoms with Crippen molar-refractivity contribution in [3.8, 4) is 0 Å². The summed E-state index contributed by atoms with van der Waals surface area (Å²) in [4.78, 5) is 26.4. The van der Waals surface area contributed by atoms with E-state index in [4.69, 9.17) is 4.74 Å². The molecule has 0 saturated carbocycles. The van der Waals surface area contributed by atoms with Gasteiger partial charge in [0.25, 0.3) is 5.91 Å². The highest BCUT2D eigenvalue weighted by molar-refractivity contribution is 5.94. The van der Waals surface area contributed by atoms with Gasteiger partial charge in [0.2, 0.25) is 0 Å². The molecule has 0 unspecified atom stereocenters. The van der Waals surface area contributed by atoms with Crippen LogP contribution in [0.25, 0.3) is 0 Å². The van der Waals surface area contributed by atoms with E-state index in [2.05, 4.69) is 5.32 Å². The number of halogens is 1. The topological polar surface area (TPSA) is 58.6 Å². The number of alkyl halides is 1. The Morgan fingerprint density at radius 1 is 1.35 bits per heavy atom. The second-order valence-electron chi connectivity index (χ2n) is 5.58. The molecule has 1 heterocycles. The number of hydrogen-bond donors (Lipinski definition) is 1. The van der Waals surface area contributed by atoms with Crippen molar-refractivity contribution >= 4 is 11.9 Å². The van der Waals surface area contributed by atoms with Crippen molar-refractivity contribution in [1.29, 1.82) is 0 Å². The Morgan fingerprint density at radius 3 is 2.74 bits per heavy atom. The molecule has 1 aliphatic rings. The van der Waals surface area contributed by atoms with Crippen molar-refractivity contribution in [2.24, 2.45) is 5.92 Å². The van der Waals surface area contributed by atoms with Crippen LogP contribution in [0.1, 0.15) is 23.7 Å². The molecule has 0 spiro atoms. The van der Waals surface area contributed by atoms with Crippen LogP contribution in [0.3, 0.4) is 0 Å². The van der Waals surface area contributed by atoms with Crippen LogP contribution in [0.2, 0.25) is 0 Å². The van der Waals surface area contributed by atoms with Gasteiger partial charge in [0.05, 0.1) is 18.6 Å². The van der Waals surface area contributed by atoms with Crippen molar-refractivity contribution in [3.63, 3.8) is 0 Å². The van der Waals surface area contributed by atoms with Crippen LogP contribution < -0.4 is 5.32 Å². The lowest BCUT2D eigenvalue weighted by atomic mass is 9.91. The van der Waals surface area contributed by atoms with Gasteiger partial charge >= 0.3 is 5.97 Å². The van der Waals surface area contributed by atoms with E-state index in [1.807, 2.05) is 11.0 Å². The van der Waals surface area contributed by atoms with E-state index in [0.717, 1.165) is 0 Å². The molecule has 1 aromatic rings. The van der Waals surface area contributed by atoms with Crippen molar-refractivity contribution in [1.82, 2.24) is 10.2 Å². The zero-order chi connectivity index (χ0) is 16.7. The van der Waals surface area contributed by atoms with E-state index < -0.39 is 12.6 Å². The standard InChI is InChI=1S/C17H23FN2O3/c1-2-23-17(22)14-8-10-20(11-9-18)12-15(14)19-16(21)13-6-4-3-5-7-13/h3-7,14-15H,2,8-12H2,1H3,(H,19,21)/t14-,15+/m0/s1. The second-order valence-corrected chi connectivity index (χ2v) is 5.58. The number of ether oxygens (including phenoxy) is 1. The molecule has 2 rings (SSSR count). The average molecular weight is 322 g/mol. The molecule has 0 aliphatic carbocycles. The Labute approximate surface area is 135 Å². The Hall–Kier alpha value is -1.95. The monoisotopic (exact) mass is 322 g/mol. The summed E-state index contributed by atoms with van der Waals surface area (Å²) >= 11 is 0. The van der Waals surface area contributed by atoms with Gasteiger partial charge in [-0.15, -0.1) is 0 Å².